The van der Waals surface area contributed by atoms with Crippen LogP contribution in [0.25, 0.3) is 0 Å². The minimum absolute atomic E-state index is 0.00178. The summed E-state index contributed by atoms with van der Waals surface area (Å²) >= 11 is 0. The molecule has 1 fully saturated rings. The fourth-order valence-corrected chi connectivity index (χ4v) is 3.40. The highest BCUT2D eigenvalue weighted by molar-refractivity contribution is 7.91. The van der Waals surface area contributed by atoms with Crippen molar-refractivity contribution in [2.45, 2.75) is 12.5 Å². The van der Waals surface area contributed by atoms with Crippen LogP contribution < -0.4 is 0 Å². The predicted molar refractivity (Wildman–Crippen MR) is 56.6 cm³/mol. The zero-order valence-electron chi connectivity index (χ0n) is 8.63. The smallest absolute Gasteiger partial charge is 0.323 e. The van der Waals surface area contributed by atoms with Gasteiger partial charge in [0.2, 0.25) is 5.91 Å². The number of hydrogen-bond donors (Lipinski definition) is 1. The fraction of sp³-hybridized carbons (Fsp3) is 0.556. The molecule has 0 saturated carbocycles. The molecule has 0 aliphatic carbocycles. The summed E-state index contributed by atoms with van der Waals surface area (Å²) in [5.41, 5.74) is 0. The standard InChI is InChI=1S/C9H13NO5S/c1-2-8(11)10(5-9(12)13)7-3-4-16(14,15)6-7/h2,7H,1,3-6H2,(H,12,13). The van der Waals surface area contributed by atoms with Crippen molar-refractivity contribution < 1.29 is 23.1 Å². The highest BCUT2D eigenvalue weighted by Crippen LogP contribution is 2.17. The first-order valence-electron chi connectivity index (χ1n) is 4.71. The van der Waals surface area contributed by atoms with Crippen LogP contribution in [0.2, 0.25) is 0 Å². The number of amides is 1. The summed E-state index contributed by atoms with van der Waals surface area (Å²) in [7, 11) is -3.14. The molecule has 6 nitrogen and oxygen atoms in total. The average Bonchev–Trinajstić information content (AvgIpc) is 2.53. The molecule has 1 rings (SSSR count). The van der Waals surface area contributed by atoms with Crippen molar-refractivity contribution in [2.75, 3.05) is 18.1 Å². The van der Waals surface area contributed by atoms with Crippen LogP contribution >= 0.6 is 0 Å². The van der Waals surface area contributed by atoms with E-state index in [4.69, 9.17) is 5.11 Å². The molecule has 0 aromatic carbocycles. The first-order valence-corrected chi connectivity index (χ1v) is 6.53. The molecule has 16 heavy (non-hydrogen) atoms. The van der Waals surface area contributed by atoms with Crippen molar-refractivity contribution in [1.82, 2.24) is 4.90 Å². The average molecular weight is 247 g/mol. The summed E-state index contributed by atoms with van der Waals surface area (Å²) in [4.78, 5) is 23.0. The second-order valence-corrected chi connectivity index (χ2v) is 5.85. The van der Waals surface area contributed by atoms with Crippen LogP contribution in [0.3, 0.4) is 0 Å². The Morgan fingerprint density at radius 3 is 2.50 bits per heavy atom. The number of aliphatic carboxylic acids is 1. The topological polar surface area (TPSA) is 91.8 Å². The lowest BCUT2D eigenvalue weighted by atomic mass is 10.2. The molecule has 1 saturated heterocycles. The van der Waals surface area contributed by atoms with Crippen LogP contribution in [-0.2, 0) is 19.4 Å². The second kappa shape index (κ2) is 4.65. The van der Waals surface area contributed by atoms with Gasteiger partial charge in [-0.3, -0.25) is 9.59 Å². The molecular weight excluding hydrogens is 234 g/mol. The Morgan fingerprint density at radius 1 is 1.50 bits per heavy atom. The van der Waals surface area contributed by atoms with Crippen molar-refractivity contribution in [1.29, 1.82) is 0 Å². The van der Waals surface area contributed by atoms with Crippen LogP contribution in [0.5, 0.6) is 0 Å². The van der Waals surface area contributed by atoms with E-state index in [0.717, 1.165) is 11.0 Å². The number of carbonyl (C=O) groups excluding carboxylic acids is 1. The quantitative estimate of drug-likeness (QED) is 0.661. The Kier molecular flexibility index (Phi) is 3.69. The first-order chi connectivity index (χ1) is 7.35. The fourth-order valence-electron chi connectivity index (χ4n) is 1.67. The molecule has 0 aromatic heterocycles. The molecule has 1 unspecified atom stereocenters. The van der Waals surface area contributed by atoms with E-state index in [1.54, 1.807) is 0 Å². The van der Waals surface area contributed by atoms with E-state index in [-0.39, 0.29) is 17.9 Å². The maximum atomic E-state index is 11.4. The van der Waals surface area contributed by atoms with Gasteiger partial charge in [0.05, 0.1) is 11.5 Å². The van der Waals surface area contributed by atoms with Gasteiger partial charge in [-0.05, 0) is 12.5 Å². The highest BCUT2D eigenvalue weighted by Gasteiger charge is 2.34. The summed E-state index contributed by atoms with van der Waals surface area (Å²) in [5, 5.41) is 8.64. The number of carbonyl (C=O) groups is 2. The third kappa shape index (κ3) is 3.06. The van der Waals surface area contributed by atoms with E-state index < -0.39 is 34.3 Å². The molecule has 1 atom stereocenters. The second-order valence-electron chi connectivity index (χ2n) is 3.62. The van der Waals surface area contributed by atoms with E-state index >= 15 is 0 Å². The predicted octanol–water partition coefficient (Wildman–Crippen LogP) is -0.727. The number of rotatable bonds is 4. The molecule has 1 aliphatic rings. The molecular formula is C9H13NO5S. The third-order valence-electron chi connectivity index (χ3n) is 2.41. The van der Waals surface area contributed by atoms with Gasteiger partial charge in [0.25, 0.3) is 0 Å². The van der Waals surface area contributed by atoms with E-state index in [9.17, 15) is 18.0 Å². The number of nitrogens with zero attached hydrogens (tertiary/aromatic N) is 1. The molecule has 0 spiro atoms. The zero-order chi connectivity index (χ0) is 12.3. The van der Waals surface area contributed by atoms with Crippen molar-refractivity contribution in [3.63, 3.8) is 0 Å². The Morgan fingerprint density at radius 2 is 2.12 bits per heavy atom. The maximum absolute atomic E-state index is 11.4. The Labute approximate surface area is 93.5 Å². The van der Waals surface area contributed by atoms with Gasteiger partial charge in [0.1, 0.15) is 6.54 Å². The first kappa shape index (κ1) is 12.7. The van der Waals surface area contributed by atoms with Gasteiger partial charge in [-0.25, -0.2) is 8.42 Å². The number of sulfone groups is 1. The monoisotopic (exact) mass is 247 g/mol. The maximum Gasteiger partial charge on any atom is 0.323 e. The minimum Gasteiger partial charge on any atom is -0.480 e. The Hall–Kier alpha value is -1.37. The van der Waals surface area contributed by atoms with Crippen molar-refractivity contribution in [3.8, 4) is 0 Å². The number of carboxylic acid groups (broad SMARTS) is 1. The van der Waals surface area contributed by atoms with Gasteiger partial charge in [-0.2, -0.15) is 0 Å². The molecule has 0 aromatic rings. The van der Waals surface area contributed by atoms with Crippen molar-refractivity contribution in [2.24, 2.45) is 0 Å². The normalized spacial score (nSPS) is 22.6. The van der Waals surface area contributed by atoms with Crippen LogP contribution in [0.1, 0.15) is 6.42 Å². The molecule has 1 amide bonds. The van der Waals surface area contributed by atoms with E-state index in [1.807, 2.05) is 0 Å². The van der Waals surface area contributed by atoms with E-state index in [2.05, 4.69) is 6.58 Å². The number of carboxylic acids is 1. The van der Waals surface area contributed by atoms with Gasteiger partial charge in [0.15, 0.2) is 9.84 Å². The minimum atomic E-state index is -3.14. The lowest BCUT2D eigenvalue weighted by Gasteiger charge is -2.24. The van der Waals surface area contributed by atoms with Crippen LogP contribution in [0.15, 0.2) is 12.7 Å². The van der Waals surface area contributed by atoms with Gasteiger partial charge >= 0.3 is 5.97 Å². The van der Waals surface area contributed by atoms with E-state index in [1.165, 1.54) is 0 Å². The van der Waals surface area contributed by atoms with Gasteiger partial charge in [-0.15, -0.1) is 0 Å². The van der Waals surface area contributed by atoms with Gasteiger partial charge in [0, 0.05) is 6.04 Å². The summed E-state index contributed by atoms with van der Waals surface area (Å²) in [5.74, 6) is -1.89. The van der Waals surface area contributed by atoms with Gasteiger partial charge < -0.3 is 10.0 Å². The van der Waals surface area contributed by atoms with Crippen LogP contribution in [-0.4, -0.2) is 54.4 Å². The molecule has 0 radical (unpaired) electrons. The number of hydrogen-bond acceptors (Lipinski definition) is 4. The Balaban J connectivity index is 2.82. The largest absolute Gasteiger partial charge is 0.480 e. The van der Waals surface area contributed by atoms with Crippen molar-refractivity contribution in [3.05, 3.63) is 12.7 Å². The molecule has 1 N–H and O–H groups in total. The Bertz CT molecular complexity index is 414. The zero-order valence-corrected chi connectivity index (χ0v) is 9.44. The highest BCUT2D eigenvalue weighted by atomic mass is 32.2. The third-order valence-corrected chi connectivity index (χ3v) is 4.16. The molecule has 1 heterocycles. The molecule has 90 valence electrons. The lowest BCUT2D eigenvalue weighted by Crippen LogP contribution is -2.43. The van der Waals surface area contributed by atoms with Gasteiger partial charge in [-0.1, -0.05) is 6.58 Å². The molecule has 7 heteroatoms. The summed E-state index contributed by atoms with van der Waals surface area (Å²) in [6, 6.07) is -0.549. The summed E-state index contributed by atoms with van der Waals surface area (Å²) in [6.07, 6.45) is 1.28. The summed E-state index contributed by atoms with van der Waals surface area (Å²) in [6.45, 7) is 2.77. The van der Waals surface area contributed by atoms with Crippen LogP contribution in [0.4, 0.5) is 0 Å². The lowest BCUT2D eigenvalue weighted by molar-refractivity contribution is -0.143. The van der Waals surface area contributed by atoms with E-state index in [0.29, 0.717) is 0 Å². The molecule has 1 aliphatic heterocycles. The molecule has 0 bridgehead atoms. The SMILES string of the molecule is C=CC(=O)N(CC(=O)O)C1CCS(=O)(=O)C1. The van der Waals surface area contributed by atoms with Crippen molar-refractivity contribution >= 4 is 21.7 Å². The summed E-state index contributed by atoms with van der Waals surface area (Å²) < 4.78 is 22.5. The van der Waals surface area contributed by atoms with Crippen LogP contribution in [0, 0.1) is 0 Å².